The summed E-state index contributed by atoms with van der Waals surface area (Å²) >= 11 is 1.59. The lowest BCUT2D eigenvalue weighted by atomic mass is 10.2. The molecule has 0 aliphatic carbocycles. The van der Waals surface area contributed by atoms with Crippen LogP contribution in [0.1, 0.15) is 5.01 Å². The fraction of sp³-hybridized carbons (Fsp3) is 0.100. The molecule has 0 saturated heterocycles. The molecule has 2 aromatic heterocycles. The van der Waals surface area contributed by atoms with Crippen LogP contribution in [0.25, 0.3) is 11.0 Å². The van der Waals surface area contributed by atoms with Gasteiger partial charge in [-0.05, 0) is 22.4 Å². The summed E-state index contributed by atoms with van der Waals surface area (Å²) < 4.78 is 4.69. The zero-order valence-electron chi connectivity index (χ0n) is 8.75. The number of thiazole rings is 1. The number of nitrogens with zero attached hydrogens (tertiary/aromatic N) is 3. The van der Waals surface area contributed by atoms with Gasteiger partial charge in [0.2, 0.25) is 0 Å². The van der Waals surface area contributed by atoms with Crippen LogP contribution in [0.2, 0.25) is 0 Å². The van der Waals surface area contributed by atoms with Gasteiger partial charge in [0, 0.05) is 11.6 Å². The topological polar surface area (TPSA) is 89.9 Å². The number of nitrogen functional groups attached to an aromatic ring is 1. The van der Waals surface area contributed by atoms with Crippen molar-refractivity contribution in [3.63, 3.8) is 0 Å². The standard InChI is InChI=1S/C10H9N5OS/c11-6-1-2-7(10-9(6)14-16-15-10)13-5-8-12-3-4-17-8/h1-4,13H,5,11H2. The van der Waals surface area contributed by atoms with Crippen LogP contribution in [-0.2, 0) is 6.54 Å². The lowest BCUT2D eigenvalue weighted by Crippen LogP contribution is -2.00. The summed E-state index contributed by atoms with van der Waals surface area (Å²) in [7, 11) is 0. The molecule has 0 fully saturated rings. The Morgan fingerprint density at radius 3 is 3.00 bits per heavy atom. The molecule has 0 spiro atoms. The maximum atomic E-state index is 5.76. The number of fused-ring (bicyclic) bond motifs is 1. The van der Waals surface area contributed by atoms with Crippen LogP contribution in [-0.4, -0.2) is 15.3 Å². The lowest BCUT2D eigenvalue weighted by molar-refractivity contribution is 0.316. The van der Waals surface area contributed by atoms with Crippen molar-refractivity contribution in [1.82, 2.24) is 15.3 Å². The highest BCUT2D eigenvalue weighted by atomic mass is 32.1. The fourth-order valence-electron chi connectivity index (χ4n) is 1.54. The van der Waals surface area contributed by atoms with E-state index < -0.39 is 0 Å². The minimum atomic E-state index is 0.557. The molecule has 17 heavy (non-hydrogen) atoms. The summed E-state index contributed by atoms with van der Waals surface area (Å²) in [4.78, 5) is 4.19. The molecule has 2 heterocycles. The van der Waals surface area contributed by atoms with Crippen LogP contribution in [0, 0.1) is 0 Å². The van der Waals surface area contributed by atoms with E-state index in [1.165, 1.54) is 0 Å². The van der Waals surface area contributed by atoms with Crippen molar-refractivity contribution in [2.24, 2.45) is 0 Å². The quantitative estimate of drug-likeness (QED) is 0.687. The van der Waals surface area contributed by atoms with Crippen LogP contribution < -0.4 is 11.1 Å². The second-order valence-corrected chi connectivity index (χ2v) is 4.42. The Hall–Kier alpha value is -2.15. The molecule has 6 nitrogen and oxygen atoms in total. The SMILES string of the molecule is Nc1ccc(NCc2nccs2)c2nonc12. The molecule has 0 unspecified atom stereocenters. The highest BCUT2D eigenvalue weighted by molar-refractivity contribution is 7.09. The molecule has 3 aromatic rings. The maximum Gasteiger partial charge on any atom is 0.160 e. The number of benzene rings is 1. The summed E-state index contributed by atoms with van der Waals surface area (Å²) in [5.41, 5.74) is 8.37. The van der Waals surface area contributed by atoms with Crippen LogP contribution in [0.3, 0.4) is 0 Å². The van der Waals surface area contributed by atoms with E-state index in [0.717, 1.165) is 10.7 Å². The molecule has 0 saturated carbocycles. The van der Waals surface area contributed by atoms with Crippen molar-refractivity contribution in [2.75, 3.05) is 11.1 Å². The molecule has 0 aliphatic rings. The van der Waals surface area contributed by atoms with E-state index in [4.69, 9.17) is 10.4 Å². The average Bonchev–Trinajstić information content (AvgIpc) is 2.99. The van der Waals surface area contributed by atoms with E-state index in [1.54, 1.807) is 23.6 Å². The Bertz CT molecular complexity index is 633. The van der Waals surface area contributed by atoms with Gasteiger partial charge < -0.3 is 11.1 Å². The van der Waals surface area contributed by atoms with E-state index >= 15 is 0 Å². The van der Waals surface area contributed by atoms with Crippen molar-refractivity contribution >= 4 is 33.7 Å². The van der Waals surface area contributed by atoms with Crippen molar-refractivity contribution in [3.05, 3.63) is 28.7 Å². The summed E-state index contributed by atoms with van der Waals surface area (Å²) in [5, 5.41) is 13.8. The molecule has 0 aliphatic heterocycles. The molecule has 3 rings (SSSR count). The van der Waals surface area contributed by atoms with Gasteiger partial charge in [-0.15, -0.1) is 11.3 Å². The fourth-order valence-corrected chi connectivity index (χ4v) is 2.10. The molecule has 7 heteroatoms. The van der Waals surface area contributed by atoms with Gasteiger partial charge in [0.25, 0.3) is 0 Å². The second-order valence-electron chi connectivity index (χ2n) is 3.44. The third-order valence-electron chi connectivity index (χ3n) is 2.36. The van der Waals surface area contributed by atoms with Gasteiger partial charge in [0.15, 0.2) is 11.0 Å². The minimum absolute atomic E-state index is 0.557. The smallest absolute Gasteiger partial charge is 0.160 e. The normalized spacial score (nSPS) is 10.8. The van der Waals surface area contributed by atoms with Gasteiger partial charge in [0.1, 0.15) is 5.01 Å². The zero-order chi connectivity index (χ0) is 11.7. The van der Waals surface area contributed by atoms with Crippen molar-refractivity contribution in [3.8, 4) is 0 Å². The summed E-state index contributed by atoms with van der Waals surface area (Å²) in [6.07, 6.45) is 1.78. The van der Waals surface area contributed by atoms with Gasteiger partial charge in [0.05, 0.1) is 17.9 Å². The minimum Gasteiger partial charge on any atom is -0.397 e. The summed E-state index contributed by atoms with van der Waals surface area (Å²) in [6, 6.07) is 3.63. The number of nitrogens with two attached hydrogens (primary N) is 1. The Morgan fingerprint density at radius 1 is 1.29 bits per heavy atom. The highest BCUT2D eigenvalue weighted by Crippen LogP contribution is 2.25. The van der Waals surface area contributed by atoms with E-state index in [9.17, 15) is 0 Å². The molecule has 0 amide bonds. The zero-order valence-corrected chi connectivity index (χ0v) is 9.57. The Morgan fingerprint density at radius 2 is 2.18 bits per heavy atom. The average molecular weight is 247 g/mol. The Kier molecular flexibility index (Phi) is 2.37. The third kappa shape index (κ3) is 1.80. The second kappa shape index (κ2) is 4.02. The van der Waals surface area contributed by atoms with Gasteiger partial charge >= 0.3 is 0 Å². The summed E-state index contributed by atoms with van der Waals surface area (Å²) in [6.45, 7) is 0.642. The molecule has 0 atom stereocenters. The first kappa shape index (κ1) is 10.0. The predicted octanol–water partition coefficient (Wildman–Crippen LogP) is 1.87. The maximum absolute atomic E-state index is 5.76. The van der Waals surface area contributed by atoms with Crippen LogP contribution >= 0.6 is 11.3 Å². The molecular weight excluding hydrogens is 238 g/mol. The van der Waals surface area contributed by atoms with Gasteiger partial charge in [-0.25, -0.2) is 9.61 Å². The van der Waals surface area contributed by atoms with Crippen molar-refractivity contribution in [1.29, 1.82) is 0 Å². The van der Waals surface area contributed by atoms with Crippen molar-refractivity contribution < 1.29 is 4.63 Å². The third-order valence-corrected chi connectivity index (χ3v) is 3.14. The van der Waals surface area contributed by atoms with Crippen molar-refractivity contribution in [2.45, 2.75) is 6.54 Å². The Labute approximate surface area is 100 Å². The number of anilines is 2. The first-order chi connectivity index (χ1) is 8.34. The first-order valence-corrected chi connectivity index (χ1v) is 5.85. The predicted molar refractivity (Wildman–Crippen MR) is 65.7 cm³/mol. The van der Waals surface area contributed by atoms with Crippen LogP contribution in [0.4, 0.5) is 11.4 Å². The molecule has 0 bridgehead atoms. The summed E-state index contributed by atoms with van der Waals surface area (Å²) in [5.74, 6) is 0. The lowest BCUT2D eigenvalue weighted by Gasteiger charge is -2.04. The monoisotopic (exact) mass is 247 g/mol. The molecule has 3 N–H and O–H groups in total. The Balaban J connectivity index is 1.90. The molecule has 0 radical (unpaired) electrons. The number of nitrogens with one attached hydrogen (secondary N) is 1. The van der Waals surface area contributed by atoms with Crippen LogP contribution in [0.5, 0.6) is 0 Å². The van der Waals surface area contributed by atoms with Gasteiger partial charge in [-0.1, -0.05) is 0 Å². The van der Waals surface area contributed by atoms with E-state index in [-0.39, 0.29) is 0 Å². The number of rotatable bonds is 3. The van der Waals surface area contributed by atoms with E-state index in [0.29, 0.717) is 23.3 Å². The molecule has 86 valence electrons. The number of hydrogen-bond acceptors (Lipinski definition) is 7. The molecule has 1 aromatic carbocycles. The van der Waals surface area contributed by atoms with E-state index in [1.807, 2.05) is 11.4 Å². The van der Waals surface area contributed by atoms with Gasteiger partial charge in [-0.3, -0.25) is 0 Å². The number of aromatic nitrogens is 3. The van der Waals surface area contributed by atoms with Crippen LogP contribution in [0.15, 0.2) is 28.3 Å². The highest BCUT2D eigenvalue weighted by Gasteiger charge is 2.09. The van der Waals surface area contributed by atoms with E-state index in [2.05, 4.69) is 20.6 Å². The van der Waals surface area contributed by atoms with Gasteiger partial charge in [-0.2, -0.15) is 0 Å². The largest absolute Gasteiger partial charge is 0.397 e. The first-order valence-electron chi connectivity index (χ1n) is 4.97. The number of hydrogen-bond donors (Lipinski definition) is 2. The molecular formula is C10H9N5OS.